The normalized spacial score (nSPS) is 18.2. The highest BCUT2D eigenvalue weighted by Crippen LogP contribution is 2.44. The smallest absolute Gasteiger partial charge is 0.408 e. The van der Waals surface area contributed by atoms with Gasteiger partial charge in [-0.05, 0) is 29.2 Å². The second-order valence-electron chi connectivity index (χ2n) is 8.68. The number of aromatic hydroxyl groups is 1. The summed E-state index contributed by atoms with van der Waals surface area (Å²) >= 11 is 1.51. The Kier molecular flexibility index (Phi) is 6.00. The van der Waals surface area contributed by atoms with E-state index in [1.54, 1.807) is 17.1 Å². The number of aliphatic hydroxyl groups excluding tert-OH is 1. The predicted octanol–water partition coefficient (Wildman–Crippen LogP) is 3.74. The van der Waals surface area contributed by atoms with Crippen molar-refractivity contribution in [3.63, 3.8) is 0 Å². The van der Waals surface area contributed by atoms with Crippen LogP contribution in [0.4, 0.5) is 13.2 Å². The molecule has 0 bridgehead atoms. The van der Waals surface area contributed by atoms with Crippen LogP contribution in [0.3, 0.4) is 0 Å². The van der Waals surface area contributed by atoms with Gasteiger partial charge < -0.3 is 15.1 Å². The summed E-state index contributed by atoms with van der Waals surface area (Å²) in [4.78, 5) is 26.8. The third-order valence-corrected chi connectivity index (χ3v) is 7.89. The fraction of sp³-hybridized carbons (Fsp3) is 0.280. The molecular formula is C25H22F3N3O4S. The van der Waals surface area contributed by atoms with Crippen LogP contribution in [0.5, 0.6) is 5.75 Å². The lowest BCUT2D eigenvalue weighted by molar-refractivity contribution is -0.173. The molecule has 7 nitrogen and oxygen atoms in total. The van der Waals surface area contributed by atoms with E-state index < -0.39 is 47.7 Å². The van der Waals surface area contributed by atoms with Crippen molar-refractivity contribution in [2.75, 3.05) is 11.7 Å². The molecule has 3 aromatic rings. The molecule has 2 aliphatic rings. The van der Waals surface area contributed by atoms with Crippen LogP contribution in [0.15, 0.2) is 64.4 Å². The number of hydrogen-bond donors (Lipinski definition) is 2. The predicted molar refractivity (Wildman–Crippen MR) is 127 cm³/mol. The summed E-state index contributed by atoms with van der Waals surface area (Å²) in [5.41, 5.74) is 1.75. The van der Waals surface area contributed by atoms with Crippen LogP contribution < -0.4 is 10.4 Å². The molecule has 0 spiro atoms. The van der Waals surface area contributed by atoms with Crippen molar-refractivity contribution in [2.45, 2.75) is 42.4 Å². The first-order chi connectivity index (χ1) is 17.1. The minimum absolute atomic E-state index is 0.223. The fourth-order valence-electron chi connectivity index (χ4n) is 4.73. The number of halogens is 3. The Morgan fingerprint density at radius 1 is 1.08 bits per heavy atom. The third-order valence-electron chi connectivity index (χ3n) is 6.64. The summed E-state index contributed by atoms with van der Waals surface area (Å²) in [7, 11) is 0. The molecule has 3 heterocycles. The van der Waals surface area contributed by atoms with Gasteiger partial charge in [-0.1, -0.05) is 42.5 Å². The molecule has 188 valence electrons. The highest BCUT2D eigenvalue weighted by atomic mass is 32.2. The number of rotatable bonds is 3. The van der Waals surface area contributed by atoms with E-state index in [1.807, 2.05) is 30.3 Å². The van der Waals surface area contributed by atoms with E-state index in [4.69, 9.17) is 0 Å². The Labute approximate surface area is 208 Å². The fourth-order valence-corrected chi connectivity index (χ4v) is 5.95. The Hall–Kier alpha value is -3.44. The van der Waals surface area contributed by atoms with Gasteiger partial charge in [0.2, 0.25) is 5.43 Å². The summed E-state index contributed by atoms with van der Waals surface area (Å²) < 4.78 is 42.7. The first-order valence-electron chi connectivity index (χ1n) is 11.2. The van der Waals surface area contributed by atoms with Crippen LogP contribution in [0.25, 0.3) is 0 Å². The second-order valence-corrected chi connectivity index (χ2v) is 9.66. The Bertz CT molecular complexity index is 1410. The van der Waals surface area contributed by atoms with E-state index in [0.717, 1.165) is 34.6 Å². The second kappa shape index (κ2) is 8.90. The van der Waals surface area contributed by atoms with E-state index in [9.17, 15) is 33.0 Å². The SMILES string of the molecule is C[C@@H](N1CN([C@H]2c3ccccc3CSc3c(CO)cccc32)n2ccc(=O)c(O)c2C1=O)C(F)(F)F. The van der Waals surface area contributed by atoms with Gasteiger partial charge >= 0.3 is 6.18 Å². The van der Waals surface area contributed by atoms with Gasteiger partial charge in [0.15, 0.2) is 11.4 Å². The number of hydrogen-bond acceptors (Lipinski definition) is 6. The van der Waals surface area contributed by atoms with E-state index in [0.29, 0.717) is 16.2 Å². The molecule has 36 heavy (non-hydrogen) atoms. The third kappa shape index (κ3) is 3.82. The van der Waals surface area contributed by atoms with Crippen molar-refractivity contribution in [3.8, 4) is 5.75 Å². The molecule has 0 radical (unpaired) electrons. The minimum atomic E-state index is -4.73. The number of fused-ring (bicyclic) bond motifs is 3. The first kappa shape index (κ1) is 24.3. The van der Waals surface area contributed by atoms with Gasteiger partial charge in [0, 0.05) is 22.9 Å². The van der Waals surface area contributed by atoms with Gasteiger partial charge in [-0.2, -0.15) is 13.2 Å². The lowest BCUT2D eigenvalue weighted by atomic mass is 9.93. The van der Waals surface area contributed by atoms with E-state index in [1.165, 1.54) is 22.6 Å². The maximum Gasteiger partial charge on any atom is 0.408 e. The minimum Gasteiger partial charge on any atom is -0.502 e. The number of nitrogens with zero attached hydrogens (tertiary/aromatic N) is 3. The molecule has 0 saturated heterocycles. The average molecular weight is 518 g/mol. The van der Waals surface area contributed by atoms with Crippen molar-refractivity contribution < 1.29 is 28.2 Å². The number of thioether (sulfide) groups is 1. The van der Waals surface area contributed by atoms with Crippen molar-refractivity contribution in [1.82, 2.24) is 9.58 Å². The number of aromatic nitrogens is 1. The number of alkyl halides is 3. The molecule has 2 aliphatic heterocycles. The number of pyridine rings is 1. The summed E-state index contributed by atoms with van der Waals surface area (Å²) in [5, 5.41) is 22.1. The zero-order valence-electron chi connectivity index (χ0n) is 19.1. The first-order valence-corrected chi connectivity index (χ1v) is 12.1. The lowest BCUT2D eigenvalue weighted by Gasteiger charge is -2.46. The van der Waals surface area contributed by atoms with Gasteiger partial charge in [-0.3, -0.25) is 19.3 Å². The molecule has 1 amide bonds. The maximum atomic E-state index is 13.8. The summed E-state index contributed by atoms with van der Waals surface area (Å²) in [5.74, 6) is -1.44. The number of amides is 1. The molecule has 2 aromatic carbocycles. The largest absolute Gasteiger partial charge is 0.502 e. The number of carbonyl (C=O) groups is 1. The molecule has 5 rings (SSSR count). The topological polar surface area (TPSA) is 86.0 Å². The maximum absolute atomic E-state index is 13.8. The number of benzene rings is 2. The molecule has 2 N–H and O–H groups in total. The summed E-state index contributed by atoms with van der Waals surface area (Å²) in [6.45, 7) is 0.193. The van der Waals surface area contributed by atoms with Gasteiger partial charge in [-0.15, -0.1) is 11.8 Å². The van der Waals surface area contributed by atoms with Crippen molar-refractivity contribution in [3.05, 3.63) is 92.9 Å². The van der Waals surface area contributed by atoms with E-state index >= 15 is 0 Å². The zero-order valence-corrected chi connectivity index (χ0v) is 19.9. The Morgan fingerprint density at radius 2 is 1.81 bits per heavy atom. The van der Waals surface area contributed by atoms with Gasteiger partial charge in [-0.25, -0.2) is 0 Å². The van der Waals surface area contributed by atoms with E-state index in [-0.39, 0.29) is 6.61 Å². The van der Waals surface area contributed by atoms with Gasteiger partial charge in [0.05, 0.1) is 12.6 Å². The highest BCUT2D eigenvalue weighted by Gasteiger charge is 2.47. The monoisotopic (exact) mass is 517 g/mol. The van der Waals surface area contributed by atoms with Crippen LogP contribution in [0, 0.1) is 0 Å². The van der Waals surface area contributed by atoms with Crippen molar-refractivity contribution in [2.24, 2.45) is 0 Å². The Balaban J connectivity index is 1.79. The molecule has 1 aromatic heterocycles. The summed E-state index contributed by atoms with van der Waals surface area (Å²) in [6.07, 6.45) is -3.44. The van der Waals surface area contributed by atoms with Crippen LogP contribution in [0.2, 0.25) is 0 Å². The van der Waals surface area contributed by atoms with E-state index in [2.05, 4.69) is 0 Å². The highest BCUT2D eigenvalue weighted by molar-refractivity contribution is 7.98. The standard InChI is InChI=1S/C25H22F3N3O4S/c1-14(25(26,27)28)29-13-31(30-10-9-19(33)22(34)21(30)24(29)35)20-17-7-3-2-5-16(17)12-36-23-15(11-32)6-4-8-18(20)23/h2-10,14,20,32,34H,11-13H2,1H3/t14-,20+/m1/s1. The van der Waals surface area contributed by atoms with Gasteiger partial charge in [0.1, 0.15) is 12.7 Å². The number of carbonyl (C=O) groups excluding carboxylic acids is 1. The molecule has 2 atom stereocenters. The molecular weight excluding hydrogens is 495 g/mol. The molecule has 11 heteroatoms. The Morgan fingerprint density at radius 3 is 2.53 bits per heavy atom. The lowest BCUT2D eigenvalue weighted by Crippen LogP contribution is -2.60. The van der Waals surface area contributed by atoms with Crippen LogP contribution in [-0.2, 0) is 12.4 Å². The summed E-state index contributed by atoms with van der Waals surface area (Å²) in [6, 6.07) is 11.1. The van der Waals surface area contributed by atoms with Crippen molar-refractivity contribution in [1.29, 1.82) is 0 Å². The van der Waals surface area contributed by atoms with Crippen molar-refractivity contribution >= 4 is 17.7 Å². The van der Waals surface area contributed by atoms with Crippen LogP contribution in [-0.4, -0.2) is 44.6 Å². The zero-order chi connectivity index (χ0) is 25.8. The molecule has 0 saturated carbocycles. The van der Waals surface area contributed by atoms with Crippen LogP contribution in [0.1, 0.15) is 45.7 Å². The molecule has 0 fully saturated rings. The molecule has 0 unspecified atom stereocenters. The number of aliphatic hydroxyl groups is 1. The van der Waals surface area contributed by atoms with Gasteiger partial charge in [0.25, 0.3) is 5.91 Å². The van der Waals surface area contributed by atoms with Crippen LogP contribution >= 0.6 is 11.8 Å². The molecule has 0 aliphatic carbocycles. The quantitative estimate of drug-likeness (QED) is 0.551. The average Bonchev–Trinajstić information content (AvgIpc) is 3.02.